The highest BCUT2D eigenvalue weighted by atomic mass is 14.2. The van der Waals surface area contributed by atoms with Gasteiger partial charge in [0.1, 0.15) is 0 Å². The Kier molecular flexibility index (Phi) is 6.01. The lowest BCUT2D eigenvalue weighted by Crippen LogP contribution is -2.13. The maximum Gasteiger partial charge on any atom is 0.0112 e. The van der Waals surface area contributed by atoms with Gasteiger partial charge in [0.25, 0.3) is 0 Å². The van der Waals surface area contributed by atoms with Gasteiger partial charge in [-0.3, -0.25) is 0 Å². The second-order valence-corrected chi connectivity index (χ2v) is 6.30. The topological polar surface area (TPSA) is 0 Å². The van der Waals surface area contributed by atoms with Crippen LogP contribution >= 0.6 is 0 Å². The molecule has 0 N–H and O–H groups in total. The van der Waals surface area contributed by atoms with Crippen molar-refractivity contribution in [2.24, 2.45) is 17.3 Å². The molecule has 0 nitrogen and oxygen atoms in total. The van der Waals surface area contributed by atoms with Crippen LogP contribution in [0.25, 0.3) is 0 Å². The van der Waals surface area contributed by atoms with Gasteiger partial charge in [0.05, 0.1) is 0 Å². The second-order valence-electron chi connectivity index (χ2n) is 6.30. The number of allylic oxidation sites excluding steroid dienone is 11. The third-order valence-electron chi connectivity index (χ3n) is 3.62. The minimum absolute atomic E-state index is 0.126. The van der Waals surface area contributed by atoms with Crippen LogP contribution < -0.4 is 0 Å². The largest absolute Gasteiger partial charge is 0.0988 e. The Morgan fingerprint density at radius 1 is 1.25 bits per heavy atom. The highest BCUT2D eigenvalue weighted by Crippen LogP contribution is 2.33. The third-order valence-corrected chi connectivity index (χ3v) is 3.62. The molecule has 1 aliphatic rings. The normalized spacial score (nSPS) is 20.1. The van der Waals surface area contributed by atoms with Crippen LogP contribution in [0.3, 0.4) is 0 Å². The zero-order valence-corrected chi connectivity index (χ0v) is 13.6. The van der Waals surface area contributed by atoms with Crippen LogP contribution in [0.15, 0.2) is 72.4 Å². The molecule has 0 saturated carbocycles. The summed E-state index contributed by atoms with van der Waals surface area (Å²) < 4.78 is 0. The van der Waals surface area contributed by atoms with E-state index in [1.165, 1.54) is 11.1 Å². The Labute approximate surface area is 125 Å². The van der Waals surface area contributed by atoms with Gasteiger partial charge < -0.3 is 0 Å². The molecule has 0 heteroatoms. The van der Waals surface area contributed by atoms with E-state index in [1.54, 1.807) is 0 Å². The fourth-order valence-electron chi connectivity index (χ4n) is 2.50. The standard InChI is InChI=1S/C20H28/c1-7-9-11-17(8-2)19(16(3)4)18-12-10-14-20(5,6)15-13-18/h7-16,19H,2H2,1,3-6H3/b9-7-,17-11+. The first kappa shape index (κ1) is 16.5. The predicted octanol–water partition coefficient (Wildman–Crippen LogP) is 6.03. The van der Waals surface area contributed by atoms with Crippen LogP contribution in [0.4, 0.5) is 0 Å². The van der Waals surface area contributed by atoms with E-state index in [-0.39, 0.29) is 5.41 Å². The second kappa shape index (κ2) is 7.28. The molecule has 1 unspecified atom stereocenters. The van der Waals surface area contributed by atoms with Crippen molar-refractivity contribution in [3.8, 4) is 0 Å². The molecule has 0 radical (unpaired) electrons. The molecule has 0 aromatic carbocycles. The van der Waals surface area contributed by atoms with Gasteiger partial charge in [0, 0.05) is 11.3 Å². The molecule has 0 aromatic rings. The molecule has 0 heterocycles. The monoisotopic (exact) mass is 268 g/mol. The molecule has 0 bridgehead atoms. The summed E-state index contributed by atoms with van der Waals surface area (Å²) in [5.74, 6) is 0.925. The summed E-state index contributed by atoms with van der Waals surface area (Å²) in [6.07, 6.45) is 19.5. The molecule has 108 valence electrons. The van der Waals surface area contributed by atoms with Crippen LogP contribution in [0, 0.1) is 17.3 Å². The predicted molar refractivity (Wildman–Crippen MR) is 91.6 cm³/mol. The summed E-state index contributed by atoms with van der Waals surface area (Å²) in [4.78, 5) is 0. The van der Waals surface area contributed by atoms with E-state index in [1.807, 2.05) is 13.0 Å². The van der Waals surface area contributed by atoms with Gasteiger partial charge in [-0.25, -0.2) is 0 Å². The van der Waals surface area contributed by atoms with Crippen molar-refractivity contribution in [1.82, 2.24) is 0 Å². The van der Waals surface area contributed by atoms with Crippen molar-refractivity contribution in [3.63, 3.8) is 0 Å². The SMILES string of the molecule is C=C/C(=C\C=C/C)C(C1=CC=CC(C)(C)C=C1)C(C)C. The van der Waals surface area contributed by atoms with Gasteiger partial charge >= 0.3 is 0 Å². The lowest BCUT2D eigenvalue weighted by molar-refractivity contribution is 0.517. The minimum Gasteiger partial charge on any atom is -0.0988 e. The van der Waals surface area contributed by atoms with Gasteiger partial charge in [-0.15, -0.1) is 0 Å². The molecule has 1 aliphatic carbocycles. The summed E-state index contributed by atoms with van der Waals surface area (Å²) in [6.45, 7) is 15.0. The minimum atomic E-state index is 0.126. The van der Waals surface area contributed by atoms with E-state index in [4.69, 9.17) is 0 Å². The maximum absolute atomic E-state index is 3.99. The van der Waals surface area contributed by atoms with E-state index in [0.717, 1.165) is 0 Å². The molecule has 20 heavy (non-hydrogen) atoms. The lowest BCUT2D eigenvalue weighted by Gasteiger charge is -2.24. The van der Waals surface area contributed by atoms with Crippen LogP contribution in [0.1, 0.15) is 34.6 Å². The van der Waals surface area contributed by atoms with Gasteiger partial charge in [0.2, 0.25) is 0 Å². The molecule has 0 aliphatic heterocycles. The van der Waals surface area contributed by atoms with Crippen molar-refractivity contribution in [3.05, 3.63) is 72.4 Å². The van der Waals surface area contributed by atoms with E-state index in [2.05, 4.69) is 82.9 Å². The number of hydrogen-bond acceptors (Lipinski definition) is 0. The average molecular weight is 268 g/mol. The van der Waals surface area contributed by atoms with E-state index in [0.29, 0.717) is 11.8 Å². The smallest absolute Gasteiger partial charge is 0.0112 e. The Bertz CT molecular complexity index is 476. The first-order chi connectivity index (χ1) is 9.41. The molecule has 0 spiro atoms. The highest BCUT2D eigenvalue weighted by Gasteiger charge is 2.21. The third kappa shape index (κ3) is 4.52. The summed E-state index contributed by atoms with van der Waals surface area (Å²) in [5.41, 5.74) is 2.76. The number of hydrogen-bond donors (Lipinski definition) is 0. The summed E-state index contributed by atoms with van der Waals surface area (Å²) in [5, 5.41) is 0. The van der Waals surface area contributed by atoms with Crippen molar-refractivity contribution in [1.29, 1.82) is 0 Å². The van der Waals surface area contributed by atoms with Gasteiger partial charge in [0.15, 0.2) is 0 Å². The molecule has 0 saturated heterocycles. The average Bonchev–Trinajstić information content (AvgIpc) is 2.55. The Balaban J connectivity index is 3.19. The molecular formula is C20H28. The summed E-state index contributed by atoms with van der Waals surface area (Å²) in [7, 11) is 0. The Morgan fingerprint density at radius 3 is 2.50 bits per heavy atom. The summed E-state index contributed by atoms with van der Waals surface area (Å²) >= 11 is 0. The zero-order chi connectivity index (χ0) is 15.2. The van der Waals surface area contributed by atoms with Crippen molar-refractivity contribution in [2.45, 2.75) is 34.6 Å². The summed E-state index contributed by atoms with van der Waals surface area (Å²) in [6, 6.07) is 0. The number of rotatable bonds is 5. The molecule has 0 fully saturated rings. The first-order valence-corrected chi connectivity index (χ1v) is 7.45. The van der Waals surface area contributed by atoms with E-state index >= 15 is 0 Å². The molecular weight excluding hydrogens is 240 g/mol. The fraction of sp³-hybridized carbons (Fsp3) is 0.400. The van der Waals surface area contributed by atoms with Crippen molar-refractivity contribution < 1.29 is 0 Å². The maximum atomic E-state index is 3.99. The van der Waals surface area contributed by atoms with Gasteiger partial charge in [-0.2, -0.15) is 0 Å². The van der Waals surface area contributed by atoms with E-state index in [9.17, 15) is 0 Å². The molecule has 1 atom stereocenters. The van der Waals surface area contributed by atoms with Crippen LogP contribution in [-0.2, 0) is 0 Å². The quantitative estimate of drug-likeness (QED) is 0.534. The lowest BCUT2D eigenvalue weighted by atomic mass is 9.81. The van der Waals surface area contributed by atoms with Gasteiger partial charge in [-0.1, -0.05) is 89.0 Å². The van der Waals surface area contributed by atoms with E-state index < -0.39 is 0 Å². The van der Waals surface area contributed by atoms with Crippen molar-refractivity contribution in [2.75, 3.05) is 0 Å². The Morgan fingerprint density at radius 2 is 1.95 bits per heavy atom. The zero-order valence-electron chi connectivity index (χ0n) is 13.6. The first-order valence-electron chi connectivity index (χ1n) is 7.45. The van der Waals surface area contributed by atoms with Crippen LogP contribution in [-0.4, -0.2) is 0 Å². The van der Waals surface area contributed by atoms with Gasteiger partial charge in [-0.05, 0) is 24.0 Å². The molecule has 0 amide bonds. The molecule has 1 rings (SSSR count). The van der Waals surface area contributed by atoms with Crippen LogP contribution in [0.5, 0.6) is 0 Å². The highest BCUT2D eigenvalue weighted by molar-refractivity contribution is 5.41. The Hall–Kier alpha value is -1.56. The fourth-order valence-corrected chi connectivity index (χ4v) is 2.50. The van der Waals surface area contributed by atoms with Crippen molar-refractivity contribution >= 4 is 0 Å². The van der Waals surface area contributed by atoms with Crippen LogP contribution in [0.2, 0.25) is 0 Å². The molecule has 0 aromatic heterocycles.